The molecule has 0 aromatic carbocycles. The molecular formula is C15H23Br2ClO. The molecule has 3 rings (SSSR count). The lowest BCUT2D eigenvalue weighted by Gasteiger charge is -2.59. The number of halogens is 3. The molecule has 3 fully saturated rings. The SMILES string of the molecule is CC1(Cl)CCC2(CC1Br)C(C)(C)[C@H](Br)C[C@H]1O[C@]12C. The Balaban J connectivity index is 2.01. The summed E-state index contributed by atoms with van der Waals surface area (Å²) in [6, 6.07) is 0. The van der Waals surface area contributed by atoms with Gasteiger partial charge >= 0.3 is 0 Å². The lowest BCUT2D eigenvalue weighted by molar-refractivity contribution is -0.0547. The van der Waals surface area contributed by atoms with E-state index in [1.807, 2.05) is 0 Å². The van der Waals surface area contributed by atoms with Crippen LogP contribution in [-0.4, -0.2) is 26.2 Å². The van der Waals surface area contributed by atoms with Gasteiger partial charge in [0.15, 0.2) is 0 Å². The lowest BCUT2D eigenvalue weighted by Crippen LogP contribution is -2.61. The van der Waals surface area contributed by atoms with Gasteiger partial charge in [0.2, 0.25) is 0 Å². The van der Waals surface area contributed by atoms with Gasteiger partial charge in [-0.2, -0.15) is 0 Å². The monoisotopic (exact) mass is 412 g/mol. The van der Waals surface area contributed by atoms with Gasteiger partial charge in [-0.25, -0.2) is 0 Å². The van der Waals surface area contributed by atoms with Crippen LogP contribution in [-0.2, 0) is 4.74 Å². The molecule has 1 aliphatic heterocycles. The number of ether oxygens (including phenoxy) is 1. The molecule has 0 aromatic rings. The summed E-state index contributed by atoms with van der Waals surface area (Å²) in [5.74, 6) is 0. The Labute approximate surface area is 138 Å². The summed E-state index contributed by atoms with van der Waals surface area (Å²) in [5, 5.41) is 0. The van der Waals surface area contributed by atoms with Crippen LogP contribution in [0.3, 0.4) is 0 Å². The van der Waals surface area contributed by atoms with Gasteiger partial charge in [0.05, 0.1) is 16.6 Å². The number of epoxide rings is 1. The molecule has 3 aliphatic rings. The molecule has 1 saturated heterocycles. The minimum absolute atomic E-state index is 0.0557. The first kappa shape index (κ1) is 15.1. The van der Waals surface area contributed by atoms with Crippen LogP contribution in [0.15, 0.2) is 0 Å². The highest BCUT2D eigenvalue weighted by atomic mass is 79.9. The van der Waals surface area contributed by atoms with Crippen molar-refractivity contribution in [2.45, 2.75) is 79.6 Å². The van der Waals surface area contributed by atoms with E-state index in [4.69, 9.17) is 16.3 Å². The molecule has 1 spiro atoms. The zero-order valence-corrected chi connectivity index (χ0v) is 16.0. The topological polar surface area (TPSA) is 12.5 Å². The Morgan fingerprint density at radius 3 is 2.26 bits per heavy atom. The predicted octanol–water partition coefficient (Wildman–Crippen LogP) is 5.27. The van der Waals surface area contributed by atoms with Crippen molar-refractivity contribution in [2.24, 2.45) is 10.8 Å². The van der Waals surface area contributed by atoms with Gasteiger partial charge in [-0.3, -0.25) is 0 Å². The minimum atomic E-state index is -0.124. The average Bonchev–Trinajstić information content (AvgIpc) is 2.94. The average molecular weight is 415 g/mol. The first-order chi connectivity index (χ1) is 8.57. The van der Waals surface area contributed by atoms with Crippen LogP contribution >= 0.6 is 43.5 Å². The summed E-state index contributed by atoms with van der Waals surface area (Å²) in [5.41, 5.74) is 0.508. The van der Waals surface area contributed by atoms with Gasteiger partial charge in [0, 0.05) is 15.1 Å². The summed E-state index contributed by atoms with van der Waals surface area (Å²) in [4.78, 5) is 0.760. The van der Waals surface area contributed by atoms with Crippen molar-refractivity contribution < 1.29 is 4.74 Å². The Morgan fingerprint density at radius 2 is 1.68 bits per heavy atom. The van der Waals surface area contributed by atoms with E-state index in [1.165, 1.54) is 0 Å². The fraction of sp³-hybridized carbons (Fsp3) is 1.00. The Bertz CT molecular complexity index is 411. The van der Waals surface area contributed by atoms with Gasteiger partial charge < -0.3 is 4.74 Å². The fourth-order valence-electron chi connectivity index (χ4n) is 4.65. The summed E-state index contributed by atoms with van der Waals surface area (Å²) < 4.78 is 6.19. The maximum Gasteiger partial charge on any atom is 0.0982 e. The van der Waals surface area contributed by atoms with E-state index in [9.17, 15) is 0 Å². The van der Waals surface area contributed by atoms with Crippen molar-refractivity contribution in [1.82, 2.24) is 0 Å². The Morgan fingerprint density at radius 1 is 1.05 bits per heavy atom. The third kappa shape index (κ3) is 1.80. The maximum absolute atomic E-state index is 6.66. The van der Waals surface area contributed by atoms with E-state index in [0.29, 0.717) is 15.8 Å². The first-order valence-corrected chi connectivity index (χ1v) is 9.43. The summed E-state index contributed by atoms with van der Waals surface area (Å²) in [6.07, 6.45) is 4.89. The largest absolute Gasteiger partial charge is 0.366 e. The second kappa shape index (κ2) is 4.14. The molecule has 2 saturated carbocycles. The van der Waals surface area contributed by atoms with E-state index in [0.717, 1.165) is 25.7 Å². The molecule has 110 valence electrons. The highest BCUT2D eigenvalue weighted by Gasteiger charge is 2.75. The van der Waals surface area contributed by atoms with E-state index < -0.39 is 0 Å². The summed E-state index contributed by atoms with van der Waals surface area (Å²) in [7, 11) is 0. The van der Waals surface area contributed by atoms with Gasteiger partial charge in [0.1, 0.15) is 0 Å². The molecule has 0 aromatic heterocycles. The van der Waals surface area contributed by atoms with Gasteiger partial charge in [-0.05, 0) is 44.9 Å². The highest BCUT2D eigenvalue weighted by molar-refractivity contribution is 9.09. The molecule has 4 heteroatoms. The maximum atomic E-state index is 6.66. The van der Waals surface area contributed by atoms with Crippen LogP contribution in [0.2, 0.25) is 0 Å². The van der Waals surface area contributed by atoms with Gasteiger partial charge in [0.25, 0.3) is 0 Å². The molecule has 19 heavy (non-hydrogen) atoms. The lowest BCUT2D eigenvalue weighted by atomic mass is 9.47. The van der Waals surface area contributed by atoms with E-state index in [-0.39, 0.29) is 21.3 Å². The molecular weight excluding hydrogens is 391 g/mol. The fourth-order valence-corrected chi connectivity index (χ4v) is 6.38. The Kier molecular flexibility index (Phi) is 3.30. The van der Waals surface area contributed by atoms with Crippen LogP contribution in [0.25, 0.3) is 0 Å². The van der Waals surface area contributed by atoms with Gasteiger partial charge in [-0.15, -0.1) is 11.6 Å². The van der Waals surface area contributed by atoms with Crippen LogP contribution in [0.1, 0.15) is 53.4 Å². The van der Waals surface area contributed by atoms with E-state index in [2.05, 4.69) is 59.6 Å². The molecule has 2 aliphatic carbocycles. The second-order valence-corrected chi connectivity index (χ2v) is 10.7. The summed E-state index contributed by atoms with van der Waals surface area (Å²) >= 11 is 14.5. The van der Waals surface area contributed by atoms with Gasteiger partial charge in [-0.1, -0.05) is 45.7 Å². The number of hydrogen-bond acceptors (Lipinski definition) is 1. The quantitative estimate of drug-likeness (QED) is 0.389. The third-order valence-electron chi connectivity index (χ3n) is 6.55. The van der Waals surface area contributed by atoms with Crippen molar-refractivity contribution in [2.75, 3.05) is 0 Å². The smallest absolute Gasteiger partial charge is 0.0982 e. The third-order valence-corrected chi connectivity index (χ3v) is 10.1. The second-order valence-electron chi connectivity index (χ2n) is 7.67. The highest BCUT2D eigenvalue weighted by Crippen LogP contribution is 2.72. The Hall–Kier alpha value is 1.21. The minimum Gasteiger partial charge on any atom is -0.366 e. The zero-order chi connectivity index (χ0) is 14.3. The van der Waals surface area contributed by atoms with Crippen molar-refractivity contribution in [3.05, 3.63) is 0 Å². The van der Waals surface area contributed by atoms with Crippen molar-refractivity contribution in [1.29, 1.82) is 0 Å². The normalized spacial score (nSPS) is 59.8. The van der Waals surface area contributed by atoms with Crippen molar-refractivity contribution in [3.8, 4) is 0 Å². The zero-order valence-electron chi connectivity index (χ0n) is 12.1. The molecule has 0 N–H and O–H groups in total. The molecule has 0 radical (unpaired) electrons. The number of fused-ring (bicyclic) bond motifs is 2. The number of rotatable bonds is 0. The predicted molar refractivity (Wildman–Crippen MR) is 87.6 cm³/mol. The van der Waals surface area contributed by atoms with E-state index in [1.54, 1.807) is 0 Å². The van der Waals surface area contributed by atoms with Crippen LogP contribution in [0.5, 0.6) is 0 Å². The first-order valence-electron chi connectivity index (χ1n) is 7.22. The molecule has 1 heterocycles. The number of alkyl halides is 3. The molecule has 0 amide bonds. The number of hydrogen-bond donors (Lipinski definition) is 0. The standard InChI is InChI=1S/C15H23Br2ClO/c1-12(2)9(16)7-11-14(4,19-11)15(12)6-5-13(3,18)10(17)8-15/h9-11H,5-8H2,1-4H3/t9-,10?,11-,13?,14-,15?/m1/s1. The summed E-state index contributed by atoms with van der Waals surface area (Å²) in [6.45, 7) is 9.31. The van der Waals surface area contributed by atoms with Crippen LogP contribution < -0.4 is 0 Å². The van der Waals surface area contributed by atoms with Crippen molar-refractivity contribution >= 4 is 43.5 Å². The molecule has 0 bridgehead atoms. The van der Waals surface area contributed by atoms with Crippen LogP contribution in [0.4, 0.5) is 0 Å². The van der Waals surface area contributed by atoms with E-state index >= 15 is 0 Å². The van der Waals surface area contributed by atoms with Crippen molar-refractivity contribution in [3.63, 3.8) is 0 Å². The molecule has 1 nitrogen and oxygen atoms in total. The molecule has 6 atom stereocenters. The molecule has 3 unspecified atom stereocenters. The van der Waals surface area contributed by atoms with Crippen LogP contribution in [0, 0.1) is 10.8 Å².